The van der Waals surface area contributed by atoms with Gasteiger partial charge >= 0.3 is 12.2 Å². The number of nitrogens with one attached hydrogen (secondary N) is 3. The van der Waals surface area contributed by atoms with Gasteiger partial charge in [-0.1, -0.05) is 35.9 Å². The van der Waals surface area contributed by atoms with Crippen LogP contribution in [0.1, 0.15) is 46.3 Å². The van der Waals surface area contributed by atoms with Gasteiger partial charge in [-0.05, 0) is 78.9 Å². The maximum absolute atomic E-state index is 14.8. The van der Waals surface area contributed by atoms with E-state index in [1.165, 1.54) is 6.07 Å². The van der Waals surface area contributed by atoms with Crippen molar-refractivity contribution in [2.24, 2.45) is 0 Å². The molecule has 0 radical (unpaired) electrons. The van der Waals surface area contributed by atoms with E-state index in [1.807, 2.05) is 13.0 Å². The van der Waals surface area contributed by atoms with Crippen LogP contribution < -0.4 is 16.0 Å². The van der Waals surface area contributed by atoms with Crippen molar-refractivity contribution in [3.05, 3.63) is 92.8 Å². The third kappa shape index (κ3) is 6.54. The number of fused-ring (bicyclic) bond motifs is 1. The molecule has 208 valence electrons. The number of urea groups is 1. The lowest BCUT2D eigenvalue weighted by molar-refractivity contribution is -0.138. The smallest absolute Gasteiger partial charge is 0.331 e. The Hall–Kier alpha value is -3.15. The van der Waals surface area contributed by atoms with E-state index in [0.717, 1.165) is 29.8 Å². The van der Waals surface area contributed by atoms with Gasteiger partial charge in [-0.2, -0.15) is 13.2 Å². The summed E-state index contributed by atoms with van der Waals surface area (Å²) in [5, 5.41) is 8.37. The van der Waals surface area contributed by atoms with Crippen LogP contribution in [0.2, 0.25) is 5.02 Å². The number of aryl methyl sites for hydroxylation is 1. The van der Waals surface area contributed by atoms with Gasteiger partial charge in [0.25, 0.3) is 0 Å². The fraction of sp³-hybridized carbons (Fsp3) is 0.296. The minimum absolute atomic E-state index is 0.0336. The predicted octanol–water partition coefficient (Wildman–Crippen LogP) is 6.31. The highest BCUT2D eigenvalue weighted by Crippen LogP contribution is 2.36. The fourth-order valence-corrected chi connectivity index (χ4v) is 6.15. The van der Waals surface area contributed by atoms with Crippen molar-refractivity contribution < 1.29 is 30.8 Å². The molecule has 1 atom stereocenters. The first-order valence-corrected chi connectivity index (χ1v) is 14.1. The number of rotatable bonds is 6. The summed E-state index contributed by atoms with van der Waals surface area (Å²) in [6, 6.07) is 9.33. The van der Waals surface area contributed by atoms with Crippen molar-refractivity contribution in [3.8, 4) is 0 Å². The van der Waals surface area contributed by atoms with Crippen LogP contribution in [0.4, 0.5) is 28.0 Å². The highest BCUT2D eigenvalue weighted by molar-refractivity contribution is 7.90. The molecule has 3 aromatic carbocycles. The maximum atomic E-state index is 14.8. The van der Waals surface area contributed by atoms with Crippen molar-refractivity contribution in [3.63, 3.8) is 0 Å². The van der Waals surface area contributed by atoms with Crippen LogP contribution in [-0.4, -0.2) is 21.0 Å². The second-order valence-electron chi connectivity index (χ2n) is 9.40. The molecule has 39 heavy (non-hydrogen) atoms. The van der Waals surface area contributed by atoms with Gasteiger partial charge in [0.2, 0.25) is 0 Å². The Labute approximate surface area is 228 Å². The van der Waals surface area contributed by atoms with Gasteiger partial charge in [0.15, 0.2) is 9.84 Å². The van der Waals surface area contributed by atoms with Crippen molar-refractivity contribution in [1.29, 1.82) is 0 Å². The highest BCUT2D eigenvalue weighted by Gasteiger charge is 2.35. The molecule has 6 nitrogen and oxygen atoms in total. The number of carbonyl (C=O) groups excluding carboxylic acids is 1. The van der Waals surface area contributed by atoms with Gasteiger partial charge in [-0.3, -0.25) is 0 Å². The SMILES string of the molecule is Cc1cccc(C(C)NC(=O)Nc2ccc(S(=O)(=O)Cc3cc4c(c(C(F)(F)F)c3)CNCC4)cc2F)c1Cl. The Morgan fingerprint density at radius 1 is 1.15 bits per heavy atom. The van der Waals surface area contributed by atoms with Crippen LogP contribution in [-0.2, 0) is 34.7 Å². The van der Waals surface area contributed by atoms with Gasteiger partial charge in [-0.15, -0.1) is 0 Å². The minimum atomic E-state index is -4.65. The Morgan fingerprint density at radius 2 is 1.90 bits per heavy atom. The average molecular weight is 584 g/mol. The van der Waals surface area contributed by atoms with Crippen molar-refractivity contribution in [1.82, 2.24) is 10.6 Å². The van der Waals surface area contributed by atoms with Crippen molar-refractivity contribution >= 4 is 33.2 Å². The van der Waals surface area contributed by atoms with E-state index in [9.17, 15) is 30.8 Å². The molecule has 3 N–H and O–H groups in total. The summed E-state index contributed by atoms with van der Waals surface area (Å²) in [4.78, 5) is 12.0. The molecule has 0 aromatic heterocycles. The molecular weight excluding hydrogens is 558 g/mol. The molecule has 1 unspecified atom stereocenters. The molecule has 1 heterocycles. The topological polar surface area (TPSA) is 87.3 Å². The summed E-state index contributed by atoms with van der Waals surface area (Å²) in [6.07, 6.45) is -4.32. The third-order valence-corrected chi connectivity index (χ3v) is 8.72. The number of hydrogen-bond donors (Lipinski definition) is 3. The number of amides is 2. The minimum Gasteiger partial charge on any atom is -0.331 e. The number of anilines is 1. The third-order valence-electron chi connectivity index (χ3n) is 6.52. The van der Waals surface area contributed by atoms with E-state index in [4.69, 9.17) is 11.6 Å². The van der Waals surface area contributed by atoms with Gasteiger partial charge in [0, 0.05) is 11.6 Å². The first kappa shape index (κ1) is 28.8. The summed E-state index contributed by atoms with van der Waals surface area (Å²) in [5.41, 5.74) is 0.855. The number of alkyl halides is 3. The van der Waals surface area contributed by atoms with Crippen LogP contribution in [0.15, 0.2) is 53.4 Å². The number of hydrogen-bond acceptors (Lipinski definition) is 4. The molecule has 0 bridgehead atoms. The second kappa shape index (κ2) is 11.1. The standard InChI is InChI=1S/C27H26ClF4N3O3S/c1-15-4-3-5-20(25(15)28)16(2)34-26(36)35-24-7-6-19(12-23(24)29)39(37,38)14-17-10-18-8-9-33-13-21(18)22(11-17)27(30,31)32/h3-7,10-12,16,33H,8-9,13-14H2,1-2H3,(H2,34,35,36). The van der Waals surface area contributed by atoms with Crippen LogP contribution >= 0.6 is 11.6 Å². The predicted molar refractivity (Wildman–Crippen MR) is 141 cm³/mol. The van der Waals surface area contributed by atoms with Gasteiger partial charge < -0.3 is 16.0 Å². The lowest BCUT2D eigenvalue weighted by Gasteiger charge is -2.23. The average Bonchev–Trinajstić information content (AvgIpc) is 2.85. The molecule has 0 fully saturated rings. The quantitative estimate of drug-likeness (QED) is 0.297. The Kier molecular flexibility index (Phi) is 8.25. The van der Waals surface area contributed by atoms with E-state index in [-0.39, 0.29) is 23.4 Å². The zero-order chi connectivity index (χ0) is 28.5. The first-order valence-electron chi connectivity index (χ1n) is 12.0. The lowest BCUT2D eigenvalue weighted by atomic mass is 9.93. The highest BCUT2D eigenvalue weighted by atomic mass is 35.5. The van der Waals surface area contributed by atoms with E-state index in [2.05, 4.69) is 16.0 Å². The summed E-state index contributed by atoms with van der Waals surface area (Å²) in [7, 11) is -4.20. The van der Waals surface area contributed by atoms with Gasteiger partial charge in [0.1, 0.15) is 5.82 Å². The van der Waals surface area contributed by atoms with Crippen LogP contribution in [0.25, 0.3) is 0 Å². The summed E-state index contributed by atoms with van der Waals surface area (Å²) >= 11 is 6.29. The second-order valence-corrected chi connectivity index (χ2v) is 11.8. The number of benzene rings is 3. The van der Waals surface area contributed by atoms with E-state index in [1.54, 1.807) is 19.1 Å². The number of sulfone groups is 1. The number of halogens is 5. The van der Waals surface area contributed by atoms with E-state index >= 15 is 0 Å². The Bertz CT molecular complexity index is 1530. The van der Waals surface area contributed by atoms with Crippen LogP contribution in [0.5, 0.6) is 0 Å². The molecule has 4 rings (SSSR count). The summed E-state index contributed by atoms with van der Waals surface area (Å²) < 4.78 is 81.8. The molecule has 0 saturated carbocycles. The molecule has 0 aliphatic carbocycles. The zero-order valence-corrected chi connectivity index (χ0v) is 22.6. The van der Waals surface area contributed by atoms with Crippen LogP contribution in [0.3, 0.4) is 0 Å². The fourth-order valence-electron chi connectivity index (χ4n) is 4.53. The maximum Gasteiger partial charge on any atom is 0.416 e. The molecular formula is C27H26ClF4N3O3S. The first-order chi connectivity index (χ1) is 18.3. The van der Waals surface area contributed by atoms with E-state index in [0.29, 0.717) is 29.1 Å². The van der Waals surface area contributed by atoms with Crippen molar-refractivity contribution in [2.75, 3.05) is 11.9 Å². The number of carbonyl (C=O) groups is 1. The monoisotopic (exact) mass is 583 g/mol. The van der Waals surface area contributed by atoms with E-state index < -0.39 is 50.1 Å². The Balaban J connectivity index is 1.50. The molecule has 0 saturated heterocycles. The summed E-state index contributed by atoms with van der Waals surface area (Å²) in [5.74, 6) is -1.75. The zero-order valence-electron chi connectivity index (χ0n) is 21.0. The van der Waals surface area contributed by atoms with Gasteiger partial charge in [-0.25, -0.2) is 17.6 Å². The molecule has 2 amide bonds. The summed E-state index contributed by atoms with van der Waals surface area (Å²) in [6.45, 7) is 4.04. The normalized spacial score (nSPS) is 14.4. The molecule has 12 heteroatoms. The largest absolute Gasteiger partial charge is 0.416 e. The van der Waals surface area contributed by atoms with Gasteiger partial charge in [0.05, 0.1) is 27.9 Å². The molecule has 1 aliphatic heterocycles. The van der Waals surface area contributed by atoms with Crippen LogP contribution in [0, 0.1) is 12.7 Å². The molecule has 3 aromatic rings. The Morgan fingerprint density at radius 3 is 2.59 bits per heavy atom. The molecule has 0 spiro atoms. The van der Waals surface area contributed by atoms with Crippen molar-refractivity contribution in [2.45, 2.75) is 49.7 Å². The molecule has 1 aliphatic rings. The lowest BCUT2D eigenvalue weighted by Crippen LogP contribution is -2.31.